The molecule has 4 rings (SSSR count). The van der Waals surface area contributed by atoms with E-state index in [1.54, 1.807) is 0 Å². The molecular weight excluding hydrogens is 452 g/mol. The van der Waals surface area contributed by atoms with Crippen LogP contribution in [0.2, 0.25) is 0 Å². The SMILES string of the molecule is CC(C)(C)C1=C\C(=C/C=C/C=C/c2cc(C(C)(C)C)cc(-c3ccccc3)[o+]2)OC(c2ccccc2)=C1. The summed E-state index contributed by atoms with van der Waals surface area (Å²) < 4.78 is 12.5. The van der Waals surface area contributed by atoms with E-state index in [2.05, 4.69) is 90.1 Å². The number of benzene rings is 2. The van der Waals surface area contributed by atoms with Crippen LogP contribution in [0.3, 0.4) is 0 Å². The van der Waals surface area contributed by atoms with E-state index in [-0.39, 0.29) is 10.8 Å². The van der Waals surface area contributed by atoms with Crippen molar-refractivity contribution in [2.75, 3.05) is 0 Å². The number of hydrogen-bond donors (Lipinski definition) is 0. The third-order valence-electron chi connectivity index (χ3n) is 6.22. The van der Waals surface area contributed by atoms with Gasteiger partial charge in [0, 0.05) is 23.8 Å². The Kier molecular flexibility index (Phi) is 7.78. The van der Waals surface area contributed by atoms with Crippen LogP contribution < -0.4 is 0 Å². The van der Waals surface area contributed by atoms with E-state index in [4.69, 9.17) is 9.15 Å². The third kappa shape index (κ3) is 7.07. The fourth-order valence-electron chi connectivity index (χ4n) is 3.93. The van der Waals surface area contributed by atoms with Crippen LogP contribution in [-0.2, 0) is 10.2 Å². The minimum Gasteiger partial charge on any atom is -0.457 e. The topological polar surface area (TPSA) is 20.5 Å². The molecule has 0 saturated heterocycles. The van der Waals surface area contributed by atoms with Gasteiger partial charge < -0.3 is 4.74 Å². The number of allylic oxidation sites excluding steroid dienone is 7. The highest BCUT2D eigenvalue weighted by Gasteiger charge is 2.23. The quantitative estimate of drug-likeness (QED) is 0.262. The van der Waals surface area contributed by atoms with Gasteiger partial charge in [-0.15, -0.1) is 0 Å². The molecule has 0 fully saturated rings. The molecule has 0 amide bonds. The van der Waals surface area contributed by atoms with Gasteiger partial charge in [-0.3, -0.25) is 0 Å². The van der Waals surface area contributed by atoms with Crippen LogP contribution >= 0.6 is 0 Å². The average molecular weight is 490 g/mol. The summed E-state index contributed by atoms with van der Waals surface area (Å²) >= 11 is 0. The van der Waals surface area contributed by atoms with E-state index in [0.29, 0.717) is 0 Å². The zero-order valence-electron chi connectivity index (χ0n) is 22.8. The molecule has 1 aromatic heterocycles. The molecule has 2 aromatic carbocycles. The van der Waals surface area contributed by atoms with Gasteiger partial charge in [0.25, 0.3) is 0 Å². The van der Waals surface area contributed by atoms with E-state index >= 15 is 0 Å². The molecule has 37 heavy (non-hydrogen) atoms. The number of rotatable bonds is 5. The Balaban J connectivity index is 1.57. The maximum Gasteiger partial charge on any atom is 0.361 e. The Morgan fingerprint density at radius 2 is 1.32 bits per heavy atom. The minimum absolute atomic E-state index is 0.0164. The predicted molar refractivity (Wildman–Crippen MR) is 157 cm³/mol. The minimum atomic E-state index is 0.0164. The fourth-order valence-corrected chi connectivity index (χ4v) is 3.93. The van der Waals surface area contributed by atoms with E-state index in [1.807, 2.05) is 66.8 Å². The van der Waals surface area contributed by atoms with Gasteiger partial charge in [0.05, 0.1) is 5.56 Å². The fraction of sp³-hybridized carbons (Fsp3) is 0.229. The molecule has 2 heterocycles. The van der Waals surface area contributed by atoms with Crippen LogP contribution in [0.1, 0.15) is 58.4 Å². The van der Waals surface area contributed by atoms with E-state index < -0.39 is 0 Å². The van der Waals surface area contributed by atoms with E-state index in [9.17, 15) is 0 Å². The second-order valence-corrected chi connectivity index (χ2v) is 11.4. The van der Waals surface area contributed by atoms with Crippen molar-refractivity contribution in [1.82, 2.24) is 0 Å². The lowest BCUT2D eigenvalue weighted by atomic mass is 9.84. The molecule has 0 bridgehead atoms. The molecule has 0 saturated carbocycles. The Morgan fingerprint density at radius 1 is 0.676 bits per heavy atom. The van der Waals surface area contributed by atoms with E-state index in [1.165, 1.54) is 11.1 Å². The molecule has 1 aliphatic rings. The third-order valence-corrected chi connectivity index (χ3v) is 6.22. The molecule has 0 atom stereocenters. The number of ether oxygens (including phenoxy) is 1. The predicted octanol–water partition coefficient (Wildman–Crippen LogP) is 10.0. The van der Waals surface area contributed by atoms with Crippen molar-refractivity contribution in [1.29, 1.82) is 0 Å². The smallest absolute Gasteiger partial charge is 0.361 e. The zero-order chi connectivity index (χ0) is 26.5. The van der Waals surface area contributed by atoms with E-state index in [0.717, 1.165) is 34.2 Å². The summed E-state index contributed by atoms with van der Waals surface area (Å²) in [6.45, 7) is 13.3. The summed E-state index contributed by atoms with van der Waals surface area (Å²) in [5.41, 5.74) is 4.65. The second kappa shape index (κ2) is 11.0. The first-order valence-corrected chi connectivity index (χ1v) is 12.9. The summed E-state index contributed by atoms with van der Waals surface area (Å²) in [5.74, 6) is 3.38. The second-order valence-electron chi connectivity index (χ2n) is 11.4. The Morgan fingerprint density at radius 3 is 1.95 bits per heavy atom. The molecule has 0 radical (unpaired) electrons. The van der Waals surface area contributed by atoms with Crippen molar-refractivity contribution in [3.63, 3.8) is 0 Å². The highest BCUT2D eigenvalue weighted by atomic mass is 16.5. The molecule has 0 unspecified atom stereocenters. The van der Waals surface area contributed by atoms with Gasteiger partial charge >= 0.3 is 11.5 Å². The van der Waals surface area contributed by atoms with Gasteiger partial charge in [0.15, 0.2) is 0 Å². The van der Waals surface area contributed by atoms with Crippen LogP contribution in [-0.4, -0.2) is 0 Å². The summed E-state index contributed by atoms with van der Waals surface area (Å²) in [6, 6.07) is 24.7. The van der Waals surface area contributed by atoms with Gasteiger partial charge in [-0.2, -0.15) is 0 Å². The maximum absolute atomic E-state index is 6.23. The van der Waals surface area contributed by atoms with Crippen molar-refractivity contribution < 1.29 is 9.15 Å². The van der Waals surface area contributed by atoms with Crippen molar-refractivity contribution in [2.45, 2.75) is 47.0 Å². The van der Waals surface area contributed by atoms with Crippen molar-refractivity contribution in [2.24, 2.45) is 5.41 Å². The first-order chi connectivity index (χ1) is 17.6. The van der Waals surface area contributed by atoms with Crippen LogP contribution in [0.5, 0.6) is 0 Å². The van der Waals surface area contributed by atoms with Gasteiger partial charge in [0.1, 0.15) is 11.5 Å². The molecule has 2 heteroatoms. The summed E-state index contributed by atoms with van der Waals surface area (Å²) in [5, 5.41) is 0. The standard InChI is InChI=1S/C35H37O2/c1-34(2,3)28-22-30(36-32(24-28)26-16-10-7-11-17-26)20-14-9-15-21-31-23-29(35(4,5)6)25-33(37-31)27-18-12-8-13-19-27/h7-25H,1-6H3/q+1. The lowest BCUT2D eigenvalue weighted by molar-refractivity contribution is 0.386. The van der Waals surface area contributed by atoms with Gasteiger partial charge in [-0.25, -0.2) is 4.42 Å². The monoisotopic (exact) mass is 489 g/mol. The molecule has 0 spiro atoms. The molecular formula is C35H37O2+. The average Bonchev–Trinajstić information content (AvgIpc) is 2.88. The van der Waals surface area contributed by atoms with Crippen LogP contribution in [0.4, 0.5) is 0 Å². The van der Waals surface area contributed by atoms with Gasteiger partial charge in [-0.1, -0.05) is 108 Å². The van der Waals surface area contributed by atoms with Crippen molar-refractivity contribution in [3.05, 3.63) is 137 Å². The normalized spacial score (nSPS) is 15.7. The maximum atomic E-state index is 6.23. The Hall–Kier alpha value is -3.91. The van der Waals surface area contributed by atoms with Gasteiger partial charge in [0.2, 0.25) is 0 Å². The summed E-state index contributed by atoms with van der Waals surface area (Å²) in [6.07, 6.45) is 14.3. The molecule has 2 nitrogen and oxygen atoms in total. The molecule has 0 aliphatic carbocycles. The van der Waals surface area contributed by atoms with Gasteiger partial charge in [-0.05, 0) is 52.3 Å². The van der Waals surface area contributed by atoms with Crippen LogP contribution in [0.25, 0.3) is 23.2 Å². The van der Waals surface area contributed by atoms with Crippen molar-refractivity contribution in [3.8, 4) is 11.3 Å². The Bertz CT molecular complexity index is 1370. The van der Waals surface area contributed by atoms with Crippen LogP contribution in [0.15, 0.2) is 125 Å². The molecule has 188 valence electrons. The Labute approximate surface area is 222 Å². The molecule has 1 aliphatic heterocycles. The number of hydrogen-bond acceptors (Lipinski definition) is 1. The zero-order valence-corrected chi connectivity index (χ0v) is 22.8. The first kappa shape index (κ1) is 26.2. The summed E-state index contributed by atoms with van der Waals surface area (Å²) in [4.78, 5) is 0. The lowest BCUT2D eigenvalue weighted by Crippen LogP contribution is -2.12. The van der Waals surface area contributed by atoms with Crippen LogP contribution in [0, 0.1) is 5.41 Å². The highest BCUT2D eigenvalue weighted by molar-refractivity contribution is 5.67. The molecule has 0 N–H and O–H groups in total. The highest BCUT2D eigenvalue weighted by Crippen LogP contribution is 2.35. The summed E-state index contributed by atoms with van der Waals surface area (Å²) in [7, 11) is 0. The van der Waals surface area contributed by atoms with Crippen molar-refractivity contribution >= 4 is 11.8 Å². The molecule has 3 aromatic rings. The first-order valence-electron chi connectivity index (χ1n) is 12.9. The lowest BCUT2D eigenvalue weighted by Gasteiger charge is -2.26. The largest absolute Gasteiger partial charge is 0.457 e.